The Kier molecular flexibility index (Phi) is 5.30. The summed E-state index contributed by atoms with van der Waals surface area (Å²) < 4.78 is 0. The summed E-state index contributed by atoms with van der Waals surface area (Å²) in [5.41, 5.74) is 9.29. The van der Waals surface area contributed by atoms with Gasteiger partial charge in [-0.25, -0.2) is 5.01 Å². The van der Waals surface area contributed by atoms with Gasteiger partial charge in [0.05, 0.1) is 17.7 Å². The molecule has 8 heteroatoms. The lowest BCUT2D eigenvalue weighted by atomic mass is 9.78. The monoisotopic (exact) mass is 391 g/mol. The van der Waals surface area contributed by atoms with Crippen LogP contribution in [0.5, 0.6) is 0 Å². The van der Waals surface area contributed by atoms with Gasteiger partial charge in [0.1, 0.15) is 11.7 Å². The number of benzene rings is 2. The minimum atomic E-state index is -1.24. The first-order valence-electron chi connectivity index (χ1n) is 8.22. The highest BCUT2D eigenvalue weighted by molar-refractivity contribution is 6.30. The molecule has 1 aliphatic rings. The van der Waals surface area contributed by atoms with Gasteiger partial charge in [0.25, 0.3) is 11.8 Å². The second-order valence-corrected chi connectivity index (χ2v) is 6.46. The van der Waals surface area contributed by atoms with Gasteiger partial charge in [-0.15, -0.1) is 0 Å². The van der Waals surface area contributed by atoms with Gasteiger partial charge in [0.15, 0.2) is 0 Å². The van der Waals surface area contributed by atoms with Crippen LogP contribution < -0.4 is 11.2 Å². The minimum absolute atomic E-state index is 0.0156. The molecule has 2 atom stereocenters. The Balaban J connectivity index is 2.02. The van der Waals surface area contributed by atoms with Crippen molar-refractivity contribution in [3.05, 3.63) is 82.1 Å². The number of nitrogens with one attached hydrogen (secondary N) is 1. The molecule has 7 nitrogen and oxygen atoms in total. The number of hydrazine groups is 1. The van der Waals surface area contributed by atoms with E-state index >= 15 is 0 Å². The Labute approximate surface area is 166 Å². The summed E-state index contributed by atoms with van der Waals surface area (Å²) >= 11 is 5.90. The van der Waals surface area contributed by atoms with Crippen LogP contribution in [0, 0.1) is 28.6 Å². The number of halogens is 1. The third kappa shape index (κ3) is 3.39. The number of allylic oxidation sites excluding steroid dienone is 1. The Morgan fingerprint density at radius 2 is 1.75 bits per heavy atom. The van der Waals surface area contributed by atoms with Crippen molar-refractivity contribution < 1.29 is 9.59 Å². The first kappa shape index (κ1) is 19.0. The summed E-state index contributed by atoms with van der Waals surface area (Å²) in [6.45, 7) is 0. The molecular formula is C20H14ClN5O2. The zero-order chi connectivity index (χ0) is 20.3. The molecule has 0 aliphatic carbocycles. The Morgan fingerprint density at radius 1 is 1.11 bits per heavy atom. The quantitative estimate of drug-likeness (QED) is 0.831. The van der Waals surface area contributed by atoms with Gasteiger partial charge in [0, 0.05) is 16.5 Å². The third-order valence-corrected chi connectivity index (χ3v) is 4.64. The van der Waals surface area contributed by atoms with E-state index in [1.54, 1.807) is 54.6 Å². The molecular weight excluding hydrogens is 378 g/mol. The van der Waals surface area contributed by atoms with Crippen LogP contribution >= 0.6 is 11.6 Å². The number of rotatable bonds is 3. The maximum atomic E-state index is 12.9. The normalized spacial score (nSPS) is 19.0. The number of hydrogen-bond donors (Lipinski definition) is 2. The van der Waals surface area contributed by atoms with Crippen LogP contribution in [0.15, 0.2) is 66.0 Å². The molecule has 3 N–H and O–H groups in total. The van der Waals surface area contributed by atoms with Crippen molar-refractivity contribution in [2.24, 2.45) is 11.7 Å². The number of nitriles is 2. The van der Waals surface area contributed by atoms with E-state index in [2.05, 4.69) is 5.43 Å². The fourth-order valence-electron chi connectivity index (χ4n) is 3.00. The predicted octanol–water partition coefficient (Wildman–Crippen LogP) is 2.44. The smallest absolute Gasteiger partial charge is 0.270 e. The van der Waals surface area contributed by atoms with E-state index in [1.807, 2.05) is 12.1 Å². The van der Waals surface area contributed by atoms with Crippen LogP contribution in [-0.4, -0.2) is 16.8 Å². The summed E-state index contributed by atoms with van der Waals surface area (Å²) in [6.07, 6.45) is 0. The maximum absolute atomic E-state index is 12.9. The van der Waals surface area contributed by atoms with Crippen molar-refractivity contribution in [1.82, 2.24) is 10.4 Å². The SMILES string of the molecule is N#CC1=C(N)N(NC(=O)c2ccccc2)C(=O)C(C#N)C1c1ccc(Cl)cc1. The van der Waals surface area contributed by atoms with Crippen LogP contribution in [0.1, 0.15) is 21.8 Å². The van der Waals surface area contributed by atoms with Gasteiger partial charge < -0.3 is 5.73 Å². The zero-order valence-electron chi connectivity index (χ0n) is 14.5. The van der Waals surface area contributed by atoms with Crippen molar-refractivity contribution in [3.8, 4) is 12.1 Å². The molecule has 0 spiro atoms. The van der Waals surface area contributed by atoms with Gasteiger partial charge in [-0.05, 0) is 29.8 Å². The summed E-state index contributed by atoms with van der Waals surface area (Å²) in [7, 11) is 0. The summed E-state index contributed by atoms with van der Waals surface area (Å²) in [5.74, 6) is -3.62. The van der Waals surface area contributed by atoms with E-state index in [9.17, 15) is 20.1 Å². The fourth-order valence-corrected chi connectivity index (χ4v) is 3.13. The Morgan fingerprint density at radius 3 is 2.32 bits per heavy atom. The molecule has 2 amide bonds. The molecule has 2 aromatic rings. The second-order valence-electron chi connectivity index (χ2n) is 6.03. The van der Waals surface area contributed by atoms with Gasteiger partial charge in [-0.1, -0.05) is 41.9 Å². The van der Waals surface area contributed by atoms with Crippen LogP contribution in [0.25, 0.3) is 0 Å². The Bertz CT molecular complexity index is 1040. The maximum Gasteiger partial charge on any atom is 0.270 e. The largest absolute Gasteiger partial charge is 0.383 e. The number of amides is 2. The first-order chi connectivity index (χ1) is 13.5. The molecule has 2 aromatic carbocycles. The van der Waals surface area contributed by atoms with Crippen molar-refractivity contribution in [2.45, 2.75) is 5.92 Å². The van der Waals surface area contributed by atoms with Crippen molar-refractivity contribution in [3.63, 3.8) is 0 Å². The molecule has 138 valence electrons. The van der Waals surface area contributed by atoms with Crippen LogP contribution in [-0.2, 0) is 4.79 Å². The second kappa shape index (κ2) is 7.83. The topological polar surface area (TPSA) is 123 Å². The van der Waals surface area contributed by atoms with Crippen LogP contribution in [0.3, 0.4) is 0 Å². The fraction of sp³-hybridized carbons (Fsp3) is 0.100. The highest BCUT2D eigenvalue weighted by Gasteiger charge is 2.43. The first-order valence-corrected chi connectivity index (χ1v) is 8.60. The summed E-state index contributed by atoms with van der Waals surface area (Å²) in [4.78, 5) is 25.3. The van der Waals surface area contributed by atoms with Crippen molar-refractivity contribution >= 4 is 23.4 Å². The van der Waals surface area contributed by atoms with E-state index in [0.29, 0.717) is 16.1 Å². The van der Waals surface area contributed by atoms with Crippen LogP contribution in [0.4, 0.5) is 0 Å². The average molecular weight is 392 g/mol. The lowest BCUT2D eigenvalue weighted by Crippen LogP contribution is -2.54. The summed E-state index contributed by atoms with van der Waals surface area (Å²) in [6, 6.07) is 18.6. The molecule has 1 heterocycles. The number of carbonyl (C=O) groups excluding carboxylic acids is 2. The molecule has 0 saturated heterocycles. The van der Waals surface area contributed by atoms with Crippen molar-refractivity contribution in [1.29, 1.82) is 10.5 Å². The molecule has 0 aromatic heterocycles. The molecule has 0 saturated carbocycles. The molecule has 28 heavy (non-hydrogen) atoms. The molecule has 1 aliphatic heterocycles. The standard InChI is InChI=1S/C20H14ClN5O2/c21-14-8-6-12(7-9-14)17-15(10-22)18(24)26(20(28)16(17)11-23)25-19(27)13-4-2-1-3-5-13/h1-9,16-17H,24H2,(H,25,27). The lowest BCUT2D eigenvalue weighted by molar-refractivity contribution is -0.135. The van der Waals surface area contributed by atoms with E-state index in [0.717, 1.165) is 5.01 Å². The predicted molar refractivity (Wildman–Crippen MR) is 101 cm³/mol. The number of hydrogen-bond acceptors (Lipinski definition) is 5. The molecule has 2 unspecified atom stereocenters. The zero-order valence-corrected chi connectivity index (χ0v) is 15.2. The number of carbonyl (C=O) groups is 2. The minimum Gasteiger partial charge on any atom is -0.383 e. The summed E-state index contributed by atoms with van der Waals surface area (Å²) in [5, 5.41) is 20.5. The molecule has 0 bridgehead atoms. The molecule has 0 radical (unpaired) electrons. The highest BCUT2D eigenvalue weighted by Crippen LogP contribution is 2.38. The highest BCUT2D eigenvalue weighted by atomic mass is 35.5. The van der Waals surface area contributed by atoms with Gasteiger partial charge >= 0.3 is 0 Å². The number of nitrogens with two attached hydrogens (primary N) is 1. The van der Waals surface area contributed by atoms with E-state index in [1.165, 1.54) is 0 Å². The lowest BCUT2D eigenvalue weighted by Gasteiger charge is -2.34. The van der Waals surface area contributed by atoms with Gasteiger partial charge in [-0.2, -0.15) is 10.5 Å². The van der Waals surface area contributed by atoms with Crippen LogP contribution in [0.2, 0.25) is 5.02 Å². The molecule has 3 rings (SSSR count). The number of nitrogens with zero attached hydrogens (tertiary/aromatic N) is 3. The van der Waals surface area contributed by atoms with Gasteiger partial charge in [-0.3, -0.25) is 15.0 Å². The molecule has 0 fully saturated rings. The van der Waals surface area contributed by atoms with E-state index in [-0.39, 0.29) is 11.4 Å². The van der Waals surface area contributed by atoms with E-state index < -0.39 is 23.7 Å². The van der Waals surface area contributed by atoms with E-state index in [4.69, 9.17) is 17.3 Å². The third-order valence-electron chi connectivity index (χ3n) is 4.39. The Hall–Kier alpha value is -3.81. The average Bonchev–Trinajstić information content (AvgIpc) is 2.72. The van der Waals surface area contributed by atoms with Crippen molar-refractivity contribution in [2.75, 3.05) is 0 Å². The van der Waals surface area contributed by atoms with Gasteiger partial charge in [0.2, 0.25) is 0 Å².